The molecule has 2 aliphatic rings. The van der Waals surface area contributed by atoms with Crippen molar-refractivity contribution in [2.75, 3.05) is 6.61 Å². The first-order valence-corrected chi connectivity index (χ1v) is 8.21. The summed E-state index contributed by atoms with van der Waals surface area (Å²) in [4.78, 5) is 4.77. The molecule has 2 aromatic rings. The lowest BCUT2D eigenvalue weighted by atomic mass is 9.88. The zero-order valence-corrected chi connectivity index (χ0v) is 13.5. The van der Waals surface area contributed by atoms with Crippen LogP contribution in [0.2, 0.25) is 0 Å². The second kappa shape index (κ2) is 5.50. The molecule has 3 heteroatoms. The van der Waals surface area contributed by atoms with E-state index in [1.54, 1.807) is 0 Å². The first kappa shape index (κ1) is 14.5. The number of benzene rings is 2. The summed E-state index contributed by atoms with van der Waals surface area (Å²) in [6, 6.07) is 20.9. The van der Waals surface area contributed by atoms with Crippen molar-refractivity contribution >= 4 is 5.90 Å². The van der Waals surface area contributed by atoms with E-state index in [4.69, 9.17) is 14.5 Å². The van der Waals surface area contributed by atoms with Crippen molar-refractivity contribution in [1.82, 2.24) is 0 Å². The Hall–Kier alpha value is -2.13. The Morgan fingerprint density at radius 2 is 1.52 bits per heavy atom. The molecule has 4 rings (SSSR count). The van der Waals surface area contributed by atoms with Gasteiger partial charge in [-0.2, -0.15) is 0 Å². The van der Waals surface area contributed by atoms with Crippen LogP contribution in [0.3, 0.4) is 0 Å². The van der Waals surface area contributed by atoms with Gasteiger partial charge in [-0.25, -0.2) is 4.99 Å². The molecule has 118 valence electrons. The monoisotopic (exact) mass is 307 g/mol. The van der Waals surface area contributed by atoms with Gasteiger partial charge in [0.25, 0.3) is 0 Å². The van der Waals surface area contributed by atoms with E-state index in [0.29, 0.717) is 12.5 Å². The van der Waals surface area contributed by atoms with Crippen molar-refractivity contribution in [3.63, 3.8) is 0 Å². The van der Waals surface area contributed by atoms with Crippen molar-refractivity contribution in [2.45, 2.75) is 31.6 Å². The third-order valence-corrected chi connectivity index (χ3v) is 4.71. The Balaban J connectivity index is 1.72. The minimum atomic E-state index is -0.465. The van der Waals surface area contributed by atoms with E-state index >= 15 is 0 Å². The van der Waals surface area contributed by atoms with Crippen molar-refractivity contribution in [2.24, 2.45) is 10.9 Å². The van der Waals surface area contributed by atoms with E-state index in [1.807, 2.05) is 36.4 Å². The van der Waals surface area contributed by atoms with Gasteiger partial charge in [-0.3, -0.25) is 0 Å². The fourth-order valence-electron chi connectivity index (χ4n) is 3.25. The maximum Gasteiger partial charge on any atom is 0.217 e. The van der Waals surface area contributed by atoms with Crippen molar-refractivity contribution < 1.29 is 9.47 Å². The average molecular weight is 307 g/mol. The van der Waals surface area contributed by atoms with E-state index in [1.165, 1.54) is 0 Å². The highest BCUT2D eigenvalue weighted by Gasteiger charge is 2.63. The van der Waals surface area contributed by atoms with Crippen molar-refractivity contribution in [3.05, 3.63) is 71.8 Å². The van der Waals surface area contributed by atoms with Gasteiger partial charge in [0, 0.05) is 0 Å². The molecule has 0 aliphatic carbocycles. The second-order valence-electron chi connectivity index (χ2n) is 6.56. The molecule has 23 heavy (non-hydrogen) atoms. The molecule has 0 bridgehead atoms. The van der Waals surface area contributed by atoms with Gasteiger partial charge in [0.05, 0.1) is 6.04 Å². The minimum Gasteiger partial charge on any atom is -0.477 e. The predicted molar refractivity (Wildman–Crippen MR) is 90.6 cm³/mol. The molecule has 2 aliphatic heterocycles. The van der Waals surface area contributed by atoms with Gasteiger partial charge in [0.2, 0.25) is 5.90 Å². The maximum atomic E-state index is 6.23. The molecule has 2 heterocycles. The van der Waals surface area contributed by atoms with Crippen LogP contribution in [0.4, 0.5) is 0 Å². The van der Waals surface area contributed by atoms with Crippen LogP contribution in [0.1, 0.15) is 25.0 Å². The standard InChI is InChI=1S/C20H21NO2/c1-14(2)17-13-22-19(21-17)18-20(23-18,15-9-5-3-6-10-15)16-11-7-4-8-12-16/h3-12,14,17-18H,13H2,1-2H3/t17?,18-/m1/s1. The number of hydrogen-bond acceptors (Lipinski definition) is 3. The molecule has 0 saturated carbocycles. The van der Waals surface area contributed by atoms with Gasteiger partial charge in [-0.15, -0.1) is 0 Å². The Morgan fingerprint density at radius 1 is 0.957 bits per heavy atom. The minimum absolute atomic E-state index is 0.129. The molecule has 3 nitrogen and oxygen atoms in total. The zero-order valence-electron chi connectivity index (χ0n) is 13.5. The number of ether oxygens (including phenoxy) is 2. The summed E-state index contributed by atoms with van der Waals surface area (Å²) in [5.74, 6) is 1.23. The first-order chi connectivity index (χ1) is 11.2. The number of epoxide rings is 1. The number of aliphatic imine (C=N–C) groups is 1. The van der Waals surface area contributed by atoms with Gasteiger partial charge in [0.1, 0.15) is 6.61 Å². The largest absolute Gasteiger partial charge is 0.477 e. The predicted octanol–water partition coefficient (Wildman–Crippen LogP) is 3.78. The second-order valence-corrected chi connectivity index (χ2v) is 6.56. The van der Waals surface area contributed by atoms with Gasteiger partial charge >= 0.3 is 0 Å². The van der Waals surface area contributed by atoms with Crippen LogP contribution in [0.15, 0.2) is 65.7 Å². The molecule has 2 atom stereocenters. The highest BCUT2D eigenvalue weighted by Crippen LogP contribution is 2.52. The molecule has 0 radical (unpaired) electrons. The molecule has 1 fully saturated rings. The highest BCUT2D eigenvalue weighted by molar-refractivity contribution is 5.88. The summed E-state index contributed by atoms with van der Waals surface area (Å²) in [7, 11) is 0. The third kappa shape index (κ3) is 2.36. The molecule has 1 unspecified atom stereocenters. The van der Waals surface area contributed by atoms with Crippen LogP contribution in [-0.4, -0.2) is 24.7 Å². The Morgan fingerprint density at radius 3 is 2.00 bits per heavy atom. The van der Waals surface area contributed by atoms with Crippen molar-refractivity contribution in [3.8, 4) is 0 Å². The zero-order chi connectivity index (χ0) is 15.9. The van der Waals surface area contributed by atoms with Crippen LogP contribution in [0.25, 0.3) is 0 Å². The van der Waals surface area contributed by atoms with E-state index < -0.39 is 5.60 Å². The van der Waals surface area contributed by atoms with Crippen LogP contribution >= 0.6 is 0 Å². The summed E-state index contributed by atoms with van der Waals surface area (Å²) < 4.78 is 12.1. The number of rotatable bonds is 4. The molecular formula is C20H21NO2. The molecule has 2 aromatic carbocycles. The van der Waals surface area contributed by atoms with Crippen LogP contribution in [-0.2, 0) is 15.1 Å². The number of hydrogen-bond donors (Lipinski definition) is 0. The molecule has 0 N–H and O–H groups in total. The van der Waals surface area contributed by atoms with Crippen molar-refractivity contribution in [1.29, 1.82) is 0 Å². The lowest BCUT2D eigenvalue weighted by molar-refractivity contribution is 0.275. The average Bonchev–Trinajstić information content (AvgIpc) is 3.16. The SMILES string of the molecule is CC(C)C1COC([C@H]2OC2(c2ccccc2)c2ccccc2)=N1. The Kier molecular flexibility index (Phi) is 3.46. The summed E-state index contributed by atoms with van der Waals surface area (Å²) in [6.07, 6.45) is -0.129. The third-order valence-electron chi connectivity index (χ3n) is 4.71. The van der Waals surface area contributed by atoms with Crippen LogP contribution in [0.5, 0.6) is 0 Å². The lowest BCUT2D eigenvalue weighted by Gasteiger charge is -2.14. The molecule has 0 amide bonds. The van der Waals surface area contributed by atoms with E-state index in [0.717, 1.165) is 17.0 Å². The summed E-state index contributed by atoms with van der Waals surface area (Å²) in [6.45, 7) is 5.01. The molecular weight excluding hydrogens is 286 g/mol. The van der Waals surface area contributed by atoms with Crippen LogP contribution < -0.4 is 0 Å². The van der Waals surface area contributed by atoms with Gasteiger partial charge < -0.3 is 9.47 Å². The van der Waals surface area contributed by atoms with Gasteiger partial charge in [-0.1, -0.05) is 74.5 Å². The molecule has 0 spiro atoms. The molecule has 0 aromatic heterocycles. The summed E-state index contributed by atoms with van der Waals surface area (Å²) >= 11 is 0. The Labute approximate surface area is 137 Å². The summed E-state index contributed by atoms with van der Waals surface area (Å²) in [5, 5.41) is 0. The highest BCUT2D eigenvalue weighted by atomic mass is 16.6. The quantitative estimate of drug-likeness (QED) is 0.806. The fraction of sp³-hybridized carbons (Fsp3) is 0.350. The van der Waals surface area contributed by atoms with Crippen LogP contribution in [0, 0.1) is 5.92 Å². The maximum absolute atomic E-state index is 6.23. The first-order valence-electron chi connectivity index (χ1n) is 8.21. The lowest BCUT2D eigenvalue weighted by Crippen LogP contribution is -2.21. The normalized spacial score (nSPS) is 25.1. The molecule has 1 saturated heterocycles. The van der Waals surface area contributed by atoms with E-state index in [2.05, 4.69) is 38.1 Å². The topological polar surface area (TPSA) is 34.1 Å². The number of nitrogens with zero attached hydrogens (tertiary/aromatic N) is 1. The van der Waals surface area contributed by atoms with E-state index in [-0.39, 0.29) is 12.1 Å². The smallest absolute Gasteiger partial charge is 0.217 e. The van der Waals surface area contributed by atoms with E-state index in [9.17, 15) is 0 Å². The fourth-order valence-corrected chi connectivity index (χ4v) is 3.25. The summed E-state index contributed by atoms with van der Waals surface area (Å²) in [5.41, 5.74) is 1.83. The van der Waals surface area contributed by atoms with Gasteiger partial charge in [-0.05, 0) is 17.0 Å². The Bertz CT molecular complexity index is 669. The van der Waals surface area contributed by atoms with Gasteiger partial charge in [0.15, 0.2) is 11.7 Å².